The number of aromatic nitrogens is 2. The molecule has 7 heteroatoms. The second-order valence-electron chi connectivity index (χ2n) is 7.16. The van der Waals surface area contributed by atoms with E-state index in [1.807, 2.05) is 12.1 Å². The third-order valence-corrected chi connectivity index (χ3v) is 5.24. The fourth-order valence-electron chi connectivity index (χ4n) is 3.50. The number of fused-ring (bicyclic) bond motifs is 1. The summed E-state index contributed by atoms with van der Waals surface area (Å²) in [5, 5.41) is 10.8. The van der Waals surface area contributed by atoms with Crippen molar-refractivity contribution in [2.75, 3.05) is 13.1 Å². The summed E-state index contributed by atoms with van der Waals surface area (Å²) >= 11 is 0. The van der Waals surface area contributed by atoms with E-state index in [9.17, 15) is 14.4 Å². The smallest absolute Gasteiger partial charge is 0.272 e. The van der Waals surface area contributed by atoms with E-state index >= 15 is 0 Å². The van der Waals surface area contributed by atoms with Crippen LogP contribution in [0.3, 0.4) is 0 Å². The minimum Gasteiger partial charge on any atom is -0.353 e. The number of benzene rings is 1. The third-order valence-electron chi connectivity index (χ3n) is 5.24. The van der Waals surface area contributed by atoms with Crippen LogP contribution in [-0.4, -0.2) is 46.0 Å². The molecule has 26 heavy (non-hydrogen) atoms. The van der Waals surface area contributed by atoms with E-state index in [4.69, 9.17) is 0 Å². The molecule has 7 nitrogen and oxygen atoms in total. The summed E-state index contributed by atoms with van der Waals surface area (Å²) in [4.78, 5) is 38.4. The number of nitrogens with zero attached hydrogens (tertiary/aromatic N) is 2. The van der Waals surface area contributed by atoms with Crippen molar-refractivity contribution in [1.29, 1.82) is 0 Å². The van der Waals surface area contributed by atoms with E-state index < -0.39 is 0 Å². The molecule has 2 N–H and O–H groups in total. The first-order valence-corrected chi connectivity index (χ1v) is 9.16. The maximum atomic E-state index is 12.7. The van der Waals surface area contributed by atoms with E-state index in [1.165, 1.54) is 0 Å². The summed E-state index contributed by atoms with van der Waals surface area (Å²) < 4.78 is 0. The number of carbonyl (C=O) groups excluding carboxylic acids is 2. The Bertz CT molecular complexity index is 895. The molecule has 0 bridgehead atoms. The van der Waals surface area contributed by atoms with Crippen LogP contribution in [0, 0.1) is 5.92 Å². The van der Waals surface area contributed by atoms with Gasteiger partial charge in [0.1, 0.15) is 0 Å². The van der Waals surface area contributed by atoms with Crippen LogP contribution >= 0.6 is 0 Å². The lowest BCUT2D eigenvalue weighted by atomic mass is 9.95. The van der Waals surface area contributed by atoms with Gasteiger partial charge in [0.05, 0.1) is 17.5 Å². The van der Waals surface area contributed by atoms with Gasteiger partial charge in [-0.1, -0.05) is 18.2 Å². The zero-order valence-electron chi connectivity index (χ0n) is 14.5. The van der Waals surface area contributed by atoms with E-state index in [1.54, 1.807) is 17.0 Å². The molecule has 1 saturated carbocycles. The van der Waals surface area contributed by atoms with Gasteiger partial charge in [-0.25, -0.2) is 5.10 Å². The second kappa shape index (κ2) is 6.90. The first-order chi connectivity index (χ1) is 12.6. The lowest BCUT2D eigenvalue weighted by Crippen LogP contribution is -2.44. The normalized spacial score (nSPS) is 18.1. The molecule has 136 valence electrons. The van der Waals surface area contributed by atoms with Crippen molar-refractivity contribution in [3.8, 4) is 0 Å². The van der Waals surface area contributed by atoms with Crippen molar-refractivity contribution in [2.24, 2.45) is 5.92 Å². The monoisotopic (exact) mass is 354 g/mol. The van der Waals surface area contributed by atoms with E-state index in [-0.39, 0.29) is 29.7 Å². The van der Waals surface area contributed by atoms with Crippen molar-refractivity contribution < 1.29 is 9.59 Å². The van der Waals surface area contributed by atoms with Crippen LogP contribution < -0.4 is 10.9 Å². The number of amides is 2. The van der Waals surface area contributed by atoms with Crippen LogP contribution in [0.25, 0.3) is 10.8 Å². The van der Waals surface area contributed by atoms with Gasteiger partial charge in [0, 0.05) is 30.4 Å². The summed E-state index contributed by atoms with van der Waals surface area (Å²) in [5.74, 6) is 0.121. The summed E-state index contributed by atoms with van der Waals surface area (Å²) in [6.45, 7) is 1.17. The predicted molar refractivity (Wildman–Crippen MR) is 96.5 cm³/mol. The summed E-state index contributed by atoms with van der Waals surface area (Å²) in [5.41, 5.74) is 0.332. The first-order valence-electron chi connectivity index (χ1n) is 9.16. The van der Waals surface area contributed by atoms with Gasteiger partial charge in [0.2, 0.25) is 11.8 Å². The molecule has 2 heterocycles. The minimum atomic E-state index is -0.251. The van der Waals surface area contributed by atoms with Gasteiger partial charge in [0.25, 0.3) is 5.56 Å². The van der Waals surface area contributed by atoms with Gasteiger partial charge in [-0.2, -0.15) is 5.10 Å². The number of H-pyrrole nitrogens is 1. The number of rotatable bonds is 4. The summed E-state index contributed by atoms with van der Waals surface area (Å²) in [6.07, 6.45) is 3.72. The molecule has 0 atom stereocenters. The number of likely N-dealkylation sites (tertiary alicyclic amines) is 1. The Morgan fingerprint density at radius 3 is 2.50 bits per heavy atom. The number of carbonyl (C=O) groups is 2. The highest BCUT2D eigenvalue weighted by atomic mass is 16.2. The van der Waals surface area contributed by atoms with Gasteiger partial charge in [0.15, 0.2) is 0 Å². The number of aromatic amines is 1. The number of hydrogen-bond acceptors (Lipinski definition) is 4. The van der Waals surface area contributed by atoms with Crippen LogP contribution in [0.5, 0.6) is 0 Å². The number of hydrogen-bond donors (Lipinski definition) is 2. The molecule has 0 radical (unpaired) electrons. The lowest BCUT2D eigenvalue weighted by Gasteiger charge is -2.31. The molecule has 4 rings (SSSR count). The first kappa shape index (κ1) is 16.8. The van der Waals surface area contributed by atoms with Crippen molar-refractivity contribution in [3.63, 3.8) is 0 Å². The molecule has 2 aromatic rings. The highest BCUT2D eigenvalue weighted by Crippen LogP contribution is 2.23. The minimum absolute atomic E-state index is 0.00619. The molecule has 1 aliphatic heterocycles. The molecule has 0 unspecified atom stereocenters. The molecule has 2 amide bonds. The van der Waals surface area contributed by atoms with Crippen molar-refractivity contribution in [2.45, 2.75) is 38.1 Å². The Morgan fingerprint density at radius 1 is 1.12 bits per heavy atom. The van der Waals surface area contributed by atoms with Gasteiger partial charge in [-0.15, -0.1) is 0 Å². The summed E-state index contributed by atoms with van der Waals surface area (Å²) in [7, 11) is 0. The quantitative estimate of drug-likeness (QED) is 0.856. The van der Waals surface area contributed by atoms with Crippen LogP contribution in [0.2, 0.25) is 0 Å². The summed E-state index contributed by atoms with van der Waals surface area (Å²) in [6, 6.07) is 7.55. The molecular formula is C19H22N4O3. The highest BCUT2D eigenvalue weighted by Gasteiger charge is 2.31. The Balaban J connectivity index is 1.39. The Hall–Kier alpha value is -2.70. The van der Waals surface area contributed by atoms with Crippen molar-refractivity contribution in [3.05, 3.63) is 40.3 Å². The van der Waals surface area contributed by atoms with Crippen LogP contribution in [-0.2, 0) is 16.0 Å². The average molecular weight is 354 g/mol. The van der Waals surface area contributed by atoms with Crippen molar-refractivity contribution in [1.82, 2.24) is 20.4 Å². The Morgan fingerprint density at radius 2 is 1.81 bits per heavy atom. The second-order valence-corrected chi connectivity index (χ2v) is 7.16. The number of nitrogens with one attached hydrogen (secondary N) is 2. The molecule has 0 spiro atoms. The Labute approximate surface area is 150 Å². The zero-order valence-corrected chi connectivity index (χ0v) is 14.5. The van der Waals surface area contributed by atoms with Crippen LogP contribution in [0.1, 0.15) is 31.4 Å². The van der Waals surface area contributed by atoms with E-state index in [0.29, 0.717) is 48.4 Å². The molecule has 2 fully saturated rings. The van der Waals surface area contributed by atoms with Gasteiger partial charge in [-0.05, 0) is 31.7 Å². The predicted octanol–water partition coefficient (Wildman–Crippen LogP) is 0.983. The SMILES string of the molecule is O=C(NC1CC1)C1CCN(C(=O)Cc2n[nH]c(=O)c3ccccc23)CC1. The molecule has 2 aliphatic rings. The van der Waals surface area contributed by atoms with Gasteiger partial charge in [-0.3, -0.25) is 14.4 Å². The number of piperidine rings is 1. The molecule has 1 aliphatic carbocycles. The fraction of sp³-hybridized carbons (Fsp3) is 0.474. The maximum absolute atomic E-state index is 12.7. The fourth-order valence-corrected chi connectivity index (χ4v) is 3.50. The van der Waals surface area contributed by atoms with Gasteiger partial charge < -0.3 is 10.2 Å². The maximum Gasteiger partial charge on any atom is 0.272 e. The van der Waals surface area contributed by atoms with Gasteiger partial charge >= 0.3 is 0 Å². The zero-order chi connectivity index (χ0) is 18.1. The van der Waals surface area contributed by atoms with Crippen LogP contribution in [0.15, 0.2) is 29.1 Å². The molecule has 1 aromatic carbocycles. The molecule has 1 saturated heterocycles. The van der Waals surface area contributed by atoms with E-state index in [2.05, 4.69) is 15.5 Å². The highest BCUT2D eigenvalue weighted by molar-refractivity contribution is 5.88. The Kier molecular flexibility index (Phi) is 4.44. The van der Waals surface area contributed by atoms with Crippen LogP contribution in [0.4, 0.5) is 0 Å². The van der Waals surface area contributed by atoms with E-state index in [0.717, 1.165) is 12.8 Å². The topological polar surface area (TPSA) is 95.2 Å². The van der Waals surface area contributed by atoms with Crippen molar-refractivity contribution >= 4 is 22.6 Å². The standard InChI is InChI=1S/C19H22N4O3/c24-17(11-16-14-3-1-2-4-15(14)19(26)22-21-16)23-9-7-12(8-10-23)18(25)20-13-5-6-13/h1-4,12-13H,5-11H2,(H,20,25)(H,22,26). The lowest BCUT2D eigenvalue weighted by molar-refractivity contribution is -0.135. The molecular weight excluding hydrogens is 332 g/mol. The third kappa shape index (κ3) is 3.47. The average Bonchev–Trinajstić information content (AvgIpc) is 3.48. The molecule has 1 aromatic heterocycles. The largest absolute Gasteiger partial charge is 0.353 e.